The number of nitrogens with one attached hydrogen (secondary N) is 1. The number of carboxylic acid groups (broad SMARTS) is 1. The number of hydrogen-bond acceptors (Lipinski definition) is 3. The van der Waals surface area contributed by atoms with Gasteiger partial charge in [0, 0.05) is 13.1 Å². The molecule has 2 N–H and O–H groups in total. The molecule has 1 heterocycles. The molecule has 2 atom stereocenters. The molecule has 1 aliphatic rings. The average Bonchev–Trinajstić information content (AvgIpc) is 2.64. The first-order valence-corrected chi connectivity index (χ1v) is 6.28. The van der Waals surface area contributed by atoms with Gasteiger partial charge in [0.2, 0.25) is 0 Å². The van der Waals surface area contributed by atoms with Crippen LogP contribution in [-0.2, 0) is 4.79 Å². The highest BCUT2D eigenvalue weighted by molar-refractivity contribution is 5.73. The lowest BCUT2D eigenvalue weighted by molar-refractivity contribution is -0.139. The molecular formula is C12H24N2O2. The van der Waals surface area contributed by atoms with Gasteiger partial charge in [-0.25, -0.2) is 0 Å². The maximum Gasteiger partial charge on any atom is 0.320 e. The van der Waals surface area contributed by atoms with E-state index in [2.05, 4.69) is 24.2 Å². The maximum absolute atomic E-state index is 11.0. The predicted octanol–water partition coefficient (Wildman–Crippen LogP) is 1.17. The fourth-order valence-electron chi connectivity index (χ4n) is 2.22. The first kappa shape index (κ1) is 13.5. The third-order valence-electron chi connectivity index (χ3n) is 3.29. The van der Waals surface area contributed by atoms with E-state index in [0.717, 1.165) is 38.9 Å². The number of aliphatic carboxylic acids is 1. The summed E-state index contributed by atoms with van der Waals surface area (Å²) in [5.41, 5.74) is 0. The number of hydrogen-bond donors (Lipinski definition) is 2. The van der Waals surface area contributed by atoms with Crippen LogP contribution < -0.4 is 5.32 Å². The van der Waals surface area contributed by atoms with Crippen molar-refractivity contribution in [2.75, 3.05) is 26.7 Å². The highest BCUT2D eigenvalue weighted by Crippen LogP contribution is 2.13. The summed E-state index contributed by atoms with van der Waals surface area (Å²) >= 11 is 0. The van der Waals surface area contributed by atoms with E-state index in [1.54, 1.807) is 0 Å². The summed E-state index contributed by atoms with van der Waals surface area (Å²) in [6.45, 7) is 5.15. The lowest BCUT2D eigenvalue weighted by Crippen LogP contribution is -2.39. The Balaban J connectivity index is 2.23. The van der Waals surface area contributed by atoms with Gasteiger partial charge in [-0.1, -0.05) is 19.8 Å². The number of likely N-dealkylation sites (tertiary alicyclic amines) is 1. The van der Waals surface area contributed by atoms with Gasteiger partial charge < -0.3 is 15.3 Å². The predicted molar refractivity (Wildman–Crippen MR) is 64.6 cm³/mol. The molecular weight excluding hydrogens is 204 g/mol. The summed E-state index contributed by atoms with van der Waals surface area (Å²) in [4.78, 5) is 13.3. The molecule has 0 amide bonds. The van der Waals surface area contributed by atoms with Crippen LogP contribution in [0.2, 0.25) is 0 Å². The van der Waals surface area contributed by atoms with E-state index in [9.17, 15) is 4.79 Å². The van der Waals surface area contributed by atoms with Crippen LogP contribution in [0, 0.1) is 5.92 Å². The summed E-state index contributed by atoms with van der Waals surface area (Å²) in [5, 5.41) is 12.2. The van der Waals surface area contributed by atoms with Crippen molar-refractivity contribution in [3.8, 4) is 0 Å². The number of nitrogens with zero attached hydrogens (tertiary/aromatic N) is 1. The minimum Gasteiger partial charge on any atom is -0.480 e. The van der Waals surface area contributed by atoms with Crippen LogP contribution in [0.5, 0.6) is 0 Å². The van der Waals surface area contributed by atoms with E-state index in [0.29, 0.717) is 5.92 Å². The second-order valence-corrected chi connectivity index (χ2v) is 4.86. The van der Waals surface area contributed by atoms with E-state index in [1.165, 1.54) is 6.42 Å². The minimum atomic E-state index is -0.709. The maximum atomic E-state index is 11.0. The third-order valence-corrected chi connectivity index (χ3v) is 3.29. The fourth-order valence-corrected chi connectivity index (χ4v) is 2.22. The van der Waals surface area contributed by atoms with Crippen LogP contribution >= 0.6 is 0 Å². The van der Waals surface area contributed by atoms with Crippen LogP contribution in [0.25, 0.3) is 0 Å². The molecule has 94 valence electrons. The van der Waals surface area contributed by atoms with Gasteiger partial charge >= 0.3 is 5.97 Å². The van der Waals surface area contributed by atoms with Crippen LogP contribution in [-0.4, -0.2) is 48.7 Å². The summed E-state index contributed by atoms with van der Waals surface area (Å²) < 4.78 is 0. The third kappa shape index (κ3) is 4.49. The van der Waals surface area contributed by atoms with Crippen molar-refractivity contribution in [1.82, 2.24) is 10.2 Å². The molecule has 0 aromatic carbocycles. The van der Waals surface area contributed by atoms with Gasteiger partial charge in [0.1, 0.15) is 6.04 Å². The summed E-state index contributed by atoms with van der Waals surface area (Å²) in [6, 6.07) is -0.356. The normalized spacial score (nSPS) is 23.5. The molecule has 0 aromatic rings. The molecule has 16 heavy (non-hydrogen) atoms. The zero-order valence-electron chi connectivity index (χ0n) is 10.4. The molecule has 1 aliphatic heterocycles. The second kappa shape index (κ2) is 6.86. The molecule has 1 fully saturated rings. The highest BCUT2D eigenvalue weighted by Gasteiger charge is 2.22. The van der Waals surface area contributed by atoms with Gasteiger partial charge in [-0.2, -0.15) is 0 Å². The first-order chi connectivity index (χ1) is 7.63. The Labute approximate surface area is 98.0 Å². The molecule has 4 heteroatoms. The van der Waals surface area contributed by atoms with Crippen molar-refractivity contribution < 1.29 is 9.90 Å². The minimum absolute atomic E-state index is 0.356. The van der Waals surface area contributed by atoms with E-state index < -0.39 is 5.97 Å². The number of unbranched alkanes of at least 4 members (excludes halogenated alkanes) is 1. The molecule has 0 saturated carbocycles. The van der Waals surface area contributed by atoms with Crippen molar-refractivity contribution in [1.29, 1.82) is 0 Å². The fraction of sp³-hybridized carbons (Fsp3) is 0.917. The lowest BCUT2D eigenvalue weighted by atomic mass is 10.1. The number of rotatable bonds is 7. The molecule has 4 nitrogen and oxygen atoms in total. The Morgan fingerprint density at radius 2 is 2.38 bits per heavy atom. The van der Waals surface area contributed by atoms with E-state index in [-0.39, 0.29) is 6.04 Å². The van der Waals surface area contributed by atoms with Gasteiger partial charge in [0.15, 0.2) is 0 Å². The Hall–Kier alpha value is -0.610. The zero-order chi connectivity index (χ0) is 12.0. The van der Waals surface area contributed by atoms with E-state index in [1.807, 2.05) is 0 Å². The van der Waals surface area contributed by atoms with Crippen LogP contribution in [0.3, 0.4) is 0 Å². The summed E-state index contributed by atoms with van der Waals surface area (Å²) in [6.07, 6.45) is 3.96. The number of carbonyl (C=O) groups is 1. The van der Waals surface area contributed by atoms with E-state index in [4.69, 9.17) is 5.11 Å². The van der Waals surface area contributed by atoms with Crippen molar-refractivity contribution in [3.05, 3.63) is 0 Å². The highest BCUT2D eigenvalue weighted by atomic mass is 16.4. The monoisotopic (exact) mass is 228 g/mol. The molecule has 1 saturated heterocycles. The lowest BCUT2D eigenvalue weighted by Gasteiger charge is -2.17. The SMILES string of the molecule is CCCCC(NCC1CCN(C)C1)C(=O)O. The van der Waals surface area contributed by atoms with Crippen molar-refractivity contribution in [3.63, 3.8) is 0 Å². The molecule has 0 bridgehead atoms. The van der Waals surface area contributed by atoms with E-state index >= 15 is 0 Å². The van der Waals surface area contributed by atoms with Crippen LogP contribution in [0.4, 0.5) is 0 Å². The Kier molecular flexibility index (Phi) is 5.77. The molecule has 2 unspecified atom stereocenters. The summed E-state index contributed by atoms with van der Waals surface area (Å²) in [7, 11) is 2.12. The van der Waals surface area contributed by atoms with Gasteiger partial charge in [0.25, 0.3) is 0 Å². The molecule has 1 rings (SSSR count). The molecule has 0 spiro atoms. The Morgan fingerprint density at radius 3 is 2.88 bits per heavy atom. The molecule has 0 aliphatic carbocycles. The standard InChI is InChI=1S/C12H24N2O2/c1-3-4-5-11(12(15)16)13-8-10-6-7-14(2)9-10/h10-11,13H,3-9H2,1-2H3,(H,15,16). The first-order valence-electron chi connectivity index (χ1n) is 6.28. The molecule has 0 aromatic heterocycles. The quantitative estimate of drug-likeness (QED) is 0.687. The van der Waals surface area contributed by atoms with Crippen LogP contribution in [0.1, 0.15) is 32.6 Å². The van der Waals surface area contributed by atoms with Crippen molar-refractivity contribution in [2.24, 2.45) is 5.92 Å². The largest absolute Gasteiger partial charge is 0.480 e. The van der Waals surface area contributed by atoms with Gasteiger partial charge in [-0.15, -0.1) is 0 Å². The van der Waals surface area contributed by atoms with Crippen LogP contribution in [0.15, 0.2) is 0 Å². The Bertz CT molecular complexity index is 221. The summed E-state index contributed by atoms with van der Waals surface area (Å²) in [5.74, 6) is -0.0896. The topological polar surface area (TPSA) is 52.6 Å². The second-order valence-electron chi connectivity index (χ2n) is 4.86. The number of carboxylic acids is 1. The average molecular weight is 228 g/mol. The van der Waals surface area contributed by atoms with Gasteiger partial charge in [-0.05, 0) is 32.4 Å². The van der Waals surface area contributed by atoms with Crippen molar-refractivity contribution in [2.45, 2.75) is 38.6 Å². The molecule has 0 radical (unpaired) electrons. The van der Waals surface area contributed by atoms with Crippen molar-refractivity contribution >= 4 is 5.97 Å². The zero-order valence-corrected chi connectivity index (χ0v) is 10.4. The smallest absolute Gasteiger partial charge is 0.320 e. The van der Waals surface area contributed by atoms with Gasteiger partial charge in [0.05, 0.1) is 0 Å². The van der Waals surface area contributed by atoms with Gasteiger partial charge in [-0.3, -0.25) is 4.79 Å². The Morgan fingerprint density at radius 1 is 1.62 bits per heavy atom.